The molecule has 0 spiro atoms. The molecule has 0 aliphatic carbocycles. The van der Waals surface area contributed by atoms with Crippen LogP contribution in [0.5, 0.6) is 0 Å². The number of benzene rings is 10. The third-order valence-electron chi connectivity index (χ3n) is 12.5. The Morgan fingerprint density at radius 1 is 0.333 bits per heavy atom. The molecule has 0 saturated heterocycles. The first-order valence-electron chi connectivity index (χ1n) is 21.3. The van der Waals surface area contributed by atoms with Crippen molar-refractivity contribution < 1.29 is 0 Å². The zero-order chi connectivity index (χ0) is 41.4. The Hall–Kier alpha value is -8.61. The minimum absolute atomic E-state index is 0.840. The lowest BCUT2D eigenvalue weighted by Crippen LogP contribution is -1.98. The number of nitrogens with one attached hydrogen (secondary N) is 2. The fraction of sp³-hybridized carbons (Fsp3) is 0. The molecule has 0 bridgehead atoms. The maximum atomic E-state index is 5.13. The summed E-state index contributed by atoms with van der Waals surface area (Å²) in [4.78, 5) is 22.4. The van der Waals surface area contributed by atoms with E-state index >= 15 is 0 Å². The molecule has 294 valence electrons. The molecule has 0 amide bonds. The Morgan fingerprint density at radius 3 is 1.51 bits per heavy atom. The highest BCUT2D eigenvalue weighted by Gasteiger charge is 2.21. The van der Waals surface area contributed by atoms with Crippen molar-refractivity contribution >= 4 is 65.4 Å². The maximum Gasteiger partial charge on any atom is 0.145 e. The van der Waals surface area contributed by atoms with Gasteiger partial charge in [0.2, 0.25) is 0 Å². The van der Waals surface area contributed by atoms with Gasteiger partial charge in [0.1, 0.15) is 17.5 Å². The SMILES string of the molecule is c1ccc(-c2nc3ccccc3n2-c2ccc(-c3c4ccc(-c5nc6ccccc6[nH]5)cc4c(-c4ccc5ccccc5c4)c4ccc(-c5nc6ccccc6[nH]5)cc34)cc2)cc1. The second-order valence-electron chi connectivity index (χ2n) is 16.2. The van der Waals surface area contributed by atoms with Crippen LogP contribution in [0.4, 0.5) is 0 Å². The Kier molecular flexibility index (Phi) is 7.80. The summed E-state index contributed by atoms with van der Waals surface area (Å²) < 4.78 is 2.27. The normalized spacial score (nSPS) is 11.8. The van der Waals surface area contributed by atoms with Crippen LogP contribution >= 0.6 is 0 Å². The predicted octanol–water partition coefficient (Wildman–Crippen LogP) is 14.6. The van der Waals surface area contributed by atoms with Crippen LogP contribution < -0.4 is 0 Å². The van der Waals surface area contributed by atoms with Gasteiger partial charge in [-0.05, 0) is 121 Å². The molecule has 3 aromatic heterocycles. The minimum Gasteiger partial charge on any atom is -0.338 e. The molecule has 0 atom stereocenters. The Labute approximate surface area is 361 Å². The van der Waals surface area contributed by atoms with Gasteiger partial charge in [0.25, 0.3) is 0 Å². The Morgan fingerprint density at radius 2 is 0.857 bits per heavy atom. The molecule has 0 saturated carbocycles. The smallest absolute Gasteiger partial charge is 0.145 e. The first kappa shape index (κ1) is 35.2. The first-order valence-corrected chi connectivity index (χ1v) is 21.3. The summed E-state index contributed by atoms with van der Waals surface area (Å²) in [6, 6.07) is 73.3. The summed E-state index contributed by atoms with van der Waals surface area (Å²) in [6.45, 7) is 0. The van der Waals surface area contributed by atoms with Gasteiger partial charge < -0.3 is 9.97 Å². The third kappa shape index (κ3) is 5.76. The molecule has 2 N–H and O–H groups in total. The van der Waals surface area contributed by atoms with E-state index in [0.29, 0.717) is 0 Å². The summed E-state index contributed by atoms with van der Waals surface area (Å²) in [7, 11) is 0. The topological polar surface area (TPSA) is 75.2 Å². The molecular formula is C57H36N6. The molecule has 3 heterocycles. The number of fused-ring (bicyclic) bond motifs is 6. The lowest BCUT2D eigenvalue weighted by Gasteiger charge is -2.20. The fourth-order valence-electron chi connectivity index (χ4n) is 9.51. The number of imidazole rings is 3. The number of para-hydroxylation sites is 6. The summed E-state index contributed by atoms with van der Waals surface area (Å²) in [6.07, 6.45) is 0. The average Bonchev–Trinajstić information content (AvgIpc) is 4.09. The highest BCUT2D eigenvalue weighted by Crippen LogP contribution is 2.46. The second kappa shape index (κ2) is 14.0. The minimum atomic E-state index is 0.840. The van der Waals surface area contributed by atoms with Crippen molar-refractivity contribution in [1.82, 2.24) is 29.5 Å². The molecule has 13 rings (SSSR count). The van der Waals surface area contributed by atoms with E-state index in [1.165, 1.54) is 16.3 Å². The molecular weight excluding hydrogens is 769 g/mol. The van der Waals surface area contributed by atoms with Crippen molar-refractivity contribution in [2.45, 2.75) is 0 Å². The molecule has 6 nitrogen and oxygen atoms in total. The van der Waals surface area contributed by atoms with E-state index in [9.17, 15) is 0 Å². The molecule has 0 fully saturated rings. The van der Waals surface area contributed by atoms with Gasteiger partial charge in [0, 0.05) is 22.4 Å². The highest BCUT2D eigenvalue weighted by molar-refractivity contribution is 6.23. The fourth-order valence-corrected chi connectivity index (χ4v) is 9.51. The van der Waals surface area contributed by atoms with Crippen LogP contribution in [0.1, 0.15) is 0 Å². The van der Waals surface area contributed by atoms with E-state index in [2.05, 4.69) is 190 Å². The molecule has 13 aromatic rings. The van der Waals surface area contributed by atoms with Crippen molar-refractivity contribution in [2.75, 3.05) is 0 Å². The summed E-state index contributed by atoms with van der Waals surface area (Å²) >= 11 is 0. The number of hydrogen-bond acceptors (Lipinski definition) is 3. The number of nitrogens with zero attached hydrogens (tertiary/aromatic N) is 4. The van der Waals surface area contributed by atoms with Crippen molar-refractivity contribution in [3.05, 3.63) is 206 Å². The van der Waals surface area contributed by atoms with Crippen LogP contribution in [-0.4, -0.2) is 29.5 Å². The van der Waals surface area contributed by atoms with E-state index in [4.69, 9.17) is 15.0 Å². The summed E-state index contributed by atoms with van der Waals surface area (Å²) in [5.74, 6) is 2.59. The number of H-pyrrole nitrogens is 2. The average molecular weight is 805 g/mol. The van der Waals surface area contributed by atoms with Crippen LogP contribution in [0, 0.1) is 0 Å². The van der Waals surface area contributed by atoms with E-state index in [1.54, 1.807) is 0 Å². The van der Waals surface area contributed by atoms with Crippen LogP contribution in [0.3, 0.4) is 0 Å². The van der Waals surface area contributed by atoms with Crippen molar-refractivity contribution in [1.29, 1.82) is 0 Å². The molecule has 0 radical (unpaired) electrons. The molecule has 6 heteroatoms. The zero-order valence-corrected chi connectivity index (χ0v) is 33.9. The lowest BCUT2D eigenvalue weighted by molar-refractivity contribution is 1.10. The van der Waals surface area contributed by atoms with Gasteiger partial charge in [-0.3, -0.25) is 4.57 Å². The maximum absolute atomic E-state index is 5.13. The van der Waals surface area contributed by atoms with Crippen LogP contribution in [0.15, 0.2) is 206 Å². The number of aromatic nitrogens is 6. The zero-order valence-electron chi connectivity index (χ0n) is 33.9. The number of rotatable bonds is 6. The highest BCUT2D eigenvalue weighted by atomic mass is 15.1. The molecule has 0 aliphatic heterocycles. The molecule has 0 aliphatic rings. The van der Waals surface area contributed by atoms with E-state index < -0.39 is 0 Å². The molecule has 63 heavy (non-hydrogen) atoms. The quantitative estimate of drug-likeness (QED) is 0.164. The second-order valence-corrected chi connectivity index (χ2v) is 16.2. The lowest BCUT2D eigenvalue weighted by atomic mass is 9.84. The van der Waals surface area contributed by atoms with Gasteiger partial charge in [-0.15, -0.1) is 0 Å². The van der Waals surface area contributed by atoms with Gasteiger partial charge in [-0.2, -0.15) is 0 Å². The van der Waals surface area contributed by atoms with E-state index in [-0.39, 0.29) is 0 Å². The third-order valence-corrected chi connectivity index (χ3v) is 12.5. The predicted molar refractivity (Wildman–Crippen MR) is 260 cm³/mol. The Bertz CT molecular complexity index is 3840. The first-order chi connectivity index (χ1) is 31.2. The van der Waals surface area contributed by atoms with Crippen molar-refractivity contribution in [3.63, 3.8) is 0 Å². The van der Waals surface area contributed by atoms with Gasteiger partial charge in [0.05, 0.1) is 33.1 Å². The Balaban J connectivity index is 1.09. The van der Waals surface area contributed by atoms with Gasteiger partial charge in [0.15, 0.2) is 0 Å². The van der Waals surface area contributed by atoms with Crippen LogP contribution in [0.2, 0.25) is 0 Å². The summed E-state index contributed by atoms with van der Waals surface area (Å²) in [5, 5.41) is 7.01. The van der Waals surface area contributed by atoms with E-state index in [1.807, 2.05) is 30.3 Å². The monoisotopic (exact) mass is 804 g/mol. The largest absolute Gasteiger partial charge is 0.338 e. The van der Waals surface area contributed by atoms with Gasteiger partial charge in [-0.1, -0.05) is 140 Å². The van der Waals surface area contributed by atoms with Crippen molar-refractivity contribution in [3.8, 4) is 62.1 Å². The van der Waals surface area contributed by atoms with Crippen LogP contribution in [-0.2, 0) is 0 Å². The number of hydrogen-bond donors (Lipinski definition) is 2. The van der Waals surface area contributed by atoms with E-state index in [0.717, 1.165) is 111 Å². The molecule has 0 unspecified atom stereocenters. The molecule has 10 aromatic carbocycles. The van der Waals surface area contributed by atoms with Gasteiger partial charge >= 0.3 is 0 Å². The van der Waals surface area contributed by atoms with Gasteiger partial charge in [-0.25, -0.2) is 15.0 Å². The standard InChI is InChI=1S/C57H36N6/c1-2-13-37(14-3-1)57-62-51-20-10-11-21-52(51)63(57)42-28-24-36(25-29-42)53-43-30-26-41(56-60-49-18-8-9-19-50(49)61-56)34-46(43)54(39-23-22-35-12-4-5-15-38(35)32-39)44-31-27-40(33-45(44)53)55-58-47-16-6-7-17-48(47)59-55/h1-34H,(H,58,59)(H,60,61). The van der Waals surface area contributed by atoms with Crippen LogP contribution in [0.25, 0.3) is 128 Å². The summed E-state index contributed by atoms with van der Waals surface area (Å²) in [5.41, 5.74) is 14.7. The van der Waals surface area contributed by atoms with Crippen molar-refractivity contribution in [2.24, 2.45) is 0 Å². The number of aromatic amines is 2.